The topological polar surface area (TPSA) is 97.6 Å². The number of rotatable bonds is 12. The molecule has 0 N–H and O–H groups in total. The summed E-state index contributed by atoms with van der Waals surface area (Å²) < 4.78 is 32.1. The first-order chi connectivity index (χ1) is 24.6. The lowest BCUT2D eigenvalue weighted by Crippen LogP contribution is -2.40. The van der Waals surface area contributed by atoms with Crippen LogP contribution >= 0.6 is 27.3 Å². The van der Waals surface area contributed by atoms with Crippen LogP contribution in [-0.2, 0) is 16.1 Å². The molecule has 1 aliphatic rings. The van der Waals surface area contributed by atoms with Crippen molar-refractivity contribution in [3.8, 4) is 23.0 Å². The Hall–Kier alpha value is -4.87. The van der Waals surface area contributed by atoms with Crippen LogP contribution in [0.15, 0.2) is 98.3 Å². The number of nitrogens with zero attached hydrogens (tertiary/aromatic N) is 2. The van der Waals surface area contributed by atoms with Crippen LogP contribution in [0.5, 0.6) is 23.0 Å². The molecule has 0 bridgehead atoms. The molecule has 0 aliphatic carbocycles. The van der Waals surface area contributed by atoms with Gasteiger partial charge in [0, 0.05) is 0 Å². The molecule has 0 spiro atoms. The third-order valence-electron chi connectivity index (χ3n) is 8.26. The predicted molar refractivity (Wildman–Crippen MR) is 203 cm³/mol. The zero-order valence-corrected chi connectivity index (χ0v) is 31.7. The molecule has 9 nitrogen and oxygen atoms in total. The van der Waals surface area contributed by atoms with Crippen LogP contribution < -0.4 is 33.8 Å². The molecule has 4 aromatic carbocycles. The maximum Gasteiger partial charge on any atom is 0.338 e. The van der Waals surface area contributed by atoms with E-state index in [0.717, 1.165) is 21.9 Å². The third kappa shape index (κ3) is 7.45. The van der Waals surface area contributed by atoms with Gasteiger partial charge in [-0.15, -0.1) is 0 Å². The molecule has 11 heteroatoms. The number of fused-ring (bicyclic) bond motifs is 2. The molecule has 5 aromatic rings. The molecule has 2 heterocycles. The van der Waals surface area contributed by atoms with Gasteiger partial charge in [0.1, 0.15) is 6.61 Å². The number of ether oxygens (including phenoxy) is 5. The molecule has 1 aromatic heterocycles. The van der Waals surface area contributed by atoms with Crippen LogP contribution in [0.2, 0.25) is 0 Å². The predicted octanol–water partition coefficient (Wildman–Crippen LogP) is 7.49. The van der Waals surface area contributed by atoms with Gasteiger partial charge in [-0.2, -0.15) is 0 Å². The minimum Gasteiger partial charge on any atom is -0.493 e. The van der Waals surface area contributed by atoms with Gasteiger partial charge in [0.25, 0.3) is 5.56 Å². The molecular formula is C40H39BrN2O7S. The van der Waals surface area contributed by atoms with Gasteiger partial charge in [0.05, 0.1) is 52.7 Å². The molecule has 1 atom stereocenters. The maximum absolute atomic E-state index is 14.3. The molecule has 0 amide bonds. The fraction of sp³-hybridized carbons (Fsp3) is 0.275. The van der Waals surface area contributed by atoms with E-state index in [-0.39, 0.29) is 23.8 Å². The van der Waals surface area contributed by atoms with Gasteiger partial charge in [-0.1, -0.05) is 59.9 Å². The highest BCUT2D eigenvalue weighted by atomic mass is 79.9. The molecule has 0 saturated carbocycles. The Kier molecular flexibility index (Phi) is 11.0. The number of methoxy groups -OCH3 is 1. The van der Waals surface area contributed by atoms with Crippen LogP contribution in [0.4, 0.5) is 0 Å². The number of thiazole rings is 1. The van der Waals surface area contributed by atoms with Crippen LogP contribution in [0.1, 0.15) is 57.4 Å². The largest absolute Gasteiger partial charge is 0.493 e. The Labute approximate surface area is 308 Å². The Morgan fingerprint density at radius 3 is 2.51 bits per heavy atom. The van der Waals surface area contributed by atoms with Crippen molar-refractivity contribution in [2.75, 3.05) is 20.3 Å². The first kappa shape index (κ1) is 35.9. The summed E-state index contributed by atoms with van der Waals surface area (Å²) in [6.07, 6.45) is 1.72. The van der Waals surface area contributed by atoms with Crippen molar-refractivity contribution in [1.29, 1.82) is 0 Å². The molecule has 0 saturated heterocycles. The number of hydrogen-bond donors (Lipinski definition) is 0. The van der Waals surface area contributed by atoms with Crippen molar-refractivity contribution in [1.82, 2.24) is 4.57 Å². The summed E-state index contributed by atoms with van der Waals surface area (Å²) >= 11 is 4.94. The lowest BCUT2D eigenvalue weighted by molar-refractivity contribution is -0.139. The van der Waals surface area contributed by atoms with Crippen LogP contribution in [0.3, 0.4) is 0 Å². The highest BCUT2D eigenvalue weighted by molar-refractivity contribution is 9.10. The number of allylic oxidation sites excluding steroid dienone is 1. The monoisotopic (exact) mass is 770 g/mol. The normalized spacial score (nSPS) is 14.4. The summed E-state index contributed by atoms with van der Waals surface area (Å²) in [6, 6.07) is 22.7. The fourth-order valence-electron chi connectivity index (χ4n) is 6.11. The standard InChI is InChI=1S/C40H39BrN2O7S/c1-7-47-33-19-25(18-30(41)37(33)49-22-28-14-11-13-26-12-9-10-15-29(26)28)20-34-38(44)43-36(27-16-17-31(50-23(3)4)32(21-27)46-6)35(39(45)48-8-2)24(5)42-40(43)51-34/h9-21,23,36H,7-8,22H2,1-6H3/b34-20+/t36-/m1/s1. The lowest BCUT2D eigenvalue weighted by atomic mass is 9.95. The van der Waals surface area contributed by atoms with Crippen molar-refractivity contribution in [2.24, 2.45) is 4.99 Å². The molecule has 6 rings (SSSR count). The number of aromatic nitrogens is 1. The summed E-state index contributed by atoms with van der Waals surface area (Å²) in [7, 11) is 1.56. The number of halogens is 1. The van der Waals surface area contributed by atoms with Gasteiger partial charge in [-0.25, -0.2) is 9.79 Å². The van der Waals surface area contributed by atoms with E-state index in [0.29, 0.717) is 61.3 Å². The third-order valence-corrected chi connectivity index (χ3v) is 9.84. The second-order valence-electron chi connectivity index (χ2n) is 12.1. The van der Waals surface area contributed by atoms with E-state index >= 15 is 0 Å². The first-order valence-corrected chi connectivity index (χ1v) is 18.3. The molecule has 1 aliphatic heterocycles. The van der Waals surface area contributed by atoms with Gasteiger partial charge < -0.3 is 23.7 Å². The highest BCUT2D eigenvalue weighted by Crippen LogP contribution is 2.39. The van der Waals surface area contributed by atoms with E-state index in [1.165, 1.54) is 11.3 Å². The Balaban J connectivity index is 1.42. The second kappa shape index (κ2) is 15.6. The first-order valence-electron chi connectivity index (χ1n) is 16.7. The summed E-state index contributed by atoms with van der Waals surface area (Å²) in [5.41, 5.74) is 2.89. The fourth-order valence-corrected chi connectivity index (χ4v) is 7.73. The second-order valence-corrected chi connectivity index (χ2v) is 13.9. The van der Waals surface area contributed by atoms with Crippen molar-refractivity contribution < 1.29 is 28.5 Å². The summed E-state index contributed by atoms with van der Waals surface area (Å²) in [5.74, 6) is 1.61. The highest BCUT2D eigenvalue weighted by Gasteiger charge is 2.34. The van der Waals surface area contributed by atoms with Crippen LogP contribution in [-0.4, -0.2) is 37.0 Å². The summed E-state index contributed by atoms with van der Waals surface area (Å²) in [5, 5.41) is 2.27. The summed E-state index contributed by atoms with van der Waals surface area (Å²) in [6.45, 7) is 10.2. The Bertz CT molecular complexity index is 2320. The average Bonchev–Trinajstić information content (AvgIpc) is 3.40. The Morgan fingerprint density at radius 2 is 1.76 bits per heavy atom. The smallest absolute Gasteiger partial charge is 0.338 e. The molecule has 0 unspecified atom stereocenters. The number of carbonyl (C=O) groups is 1. The number of esters is 1. The van der Waals surface area contributed by atoms with Gasteiger partial charge >= 0.3 is 5.97 Å². The van der Waals surface area contributed by atoms with Crippen molar-refractivity contribution in [2.45, 2.75) is 53.4 Å². The average molecular weight is 772 g/mol. The van der Waals surface area contributed by atoms with E-state index in [1.54, 1.807) is 43.7 Å². The van der Waals surface area contributed by atoms with Gasteiger partial charge in [0.15, 0.2) is 27.8 Å². The van der Waals surface area contributed by atoms with Gasteiger partial charge in [0.2, 0.25) is 0 Å². The number of carbonyl (C=O) groups excluding carboxylic acids is 1. The maximum atomic E-state index is 14.3. The molecule has 0 fully saturated rings. The van der Waals surface area contributed by atoms with E-state index in [4.69, 9.17) is 28.7 Å². The Morgan fingerprint density at radius 1 is 0.980 bits per heavy atom. The minimum absolute atomic E-state index is 0.0761. The van der Waals surface area contributed by atoms with Gasteiger partial charge in [-0.05, 0) is 108 Å². The zero-order valence-electron chi connectivity index (χ0n) is 29.3. The van der Waals surface area contributed by atoms with E-state index < -0.39 is 12.0 Å². The lowest BCUT2D eigenvalue weighted by Gasteiger charge is -2.25. The van der Waals surface area contributed by atoms with E-state index in [9.17, 15) is 9.59 Å². The zero-order chi connectivity index (χ0) is 36.2. The van der Waals surface area contributed by atoms with Crippen molar-refractivity contribution in [3.05, 3.63) is 125 Å². The quantitative estimate of drug-likeness (QED) is 0.121. The van der Waals surface area contributed by atoms with Crippen molar-refractivity contribution in [3.63, 3.8) is 0 Å². The minimum atomic E-state index is -0.806. The van der Waals surface area contributed by atoms with E-state index in [1.807, 2.05) is 57.2 Å². The van der Waals surface area contributed by atoms with Crippen LogP contribution in [0.25, 0.3) is 16.8 Å². The SMILES string of the molecule is CCOC(=O)C1=C(C)N=c2s/c(=C/c3cc(Br)c(OCc4cccc5ccccc45)c(OCC)c3)c(=O)n2[C@@H]1c1ccc(OC(C)C)c(OC)c1. The van der Waals surface area contributed by atoms with Crippen LogP contribution in [0, 0.1) is 0 Å². The summed E-state index contributed by atoms with van der Waals surface area (Å²) in [4.78, 5) is 32.9. The molecule has 51 heavy (non-hydrogen) atoms. The number of benzene rings is 4. The molecule has 0 radical (unpaired) electrons. The molecule has 264 valence electrons. The molecular weight excluding hydrogens is 732 g/mol. The van der Waals surface area contributed by atoms with E-state index in [2.05, 4.69) is 40.2 Å². The van der Waals surface area contributed by atoms with Gasteiger partial charge in [-0.3, -0.25) is 9.36 Å². The van der Waals surface area contributed by atoms with Crippen molar-refractivity contribution >= 4 is 50.1 Å². The number of hydrogen-bond acceptors (Lipinski definition) is 9.